The van der Waals surface area contributed by atoms with Crippen LogP contribution in [0, 0.1) is 0 Å². The summed E-state index contributed by atoms with van der Waals surface area (Å²) in [6.07, 6.45) is 5.10. The van der Waals surface area contributed by atoms with Crippen LogP contribution in [0.5, 0.6) is 0 Å². The van der Waals surface area contributed by atoms with Crippen molar-refractivity contribution in [3.8, 4) is 0 Å². The second-order valence-corrected chi connectivity index (χ2v) is 5.55. The predicted molar refractivity (Wildman–Crippen MR) is 79.8 cm³/mol. The normalized spacial score (nSPS) is 19.6. The molecule has 0 radical (unpaired) electrons. The van der Waals surface area contributed by atoms with Crippen LogP contribution in [-0.2, 0) is 24.4 Å². The summed E-state index contributed by atoms with van der Waals surface area (Å²) in [7, 11) is 1.66. The quantitative estimate of drug-likeness (QED) is 0.865. The number of hydrogen-bond acceptors (Lipinski definition) is 6. The van der Waals surface area contributed by atoms with Gasteiger partial charge >= 0.3 is 0 Å². The molecule has 0 amide bonds. The highest BCUT2D eigenvalue weighted by molar-refractivity contribution is 5.00. The zero-order valence-electron chi connectivity index (χ0n) is 13.2. The van der Waals surface area contributed by atoms with Gasteiger partial charge in [0.05, 0.1) is 12.6 Å². The maximum absolute atomic E-state index is 5.10. The van der Waals surface area contributed by atoms with Crippen molar-refractivity contribution in [3.63, 3.8) is 0 Å². The number of nitrogens with zero attached hydrogens (tertiary/aromatic N) is 6. The van der Waals surface area contributed by atoms with E-state index in [0.717, 1.165) is 43.5 Å². The van der Waals surface area contributed by atoms with Crippen LogP contribution in [0.4, 0.5) is 0 Å². The first kappa shape index (κ1) is 15.1. The van der Waals surface area contributed by atoms with Gasteiger partial charge in [0.15, 0.2) is 11.6 Å². The molecule has 0 bridgehead atoms. The molecule has 3 rings (SSSR count). The molecule has 120 valence electrons. The molecule has 1 atom stereocenters. The average molecular weight is 305 g/mol. The van der Waals surface area contributed by atoms with E-state index in [1.54, 1.807) is 13.4 Å². The number of piperidine rings is 1. The highest BCUT2D eigenvalue weighted by atomic mass is 16.5. The van der Waals surface area contributed by atoms with Crippen molar-refractivity contribution in [1.82, 2.24) is 34.8 Å². The summed E-state index contributed by atoms with van der Waals surface area (Å²) in [5, 5.41) is 11.6. The number of aromatic nitrogens is 6. The third-order valence-electron chi connectivity index (χ3n) is 4.08. The van der Waals surface area contributed by atoms with Gasteiger partial charge in [0.1, 0.15) is 18.8 Å². The number of methoxy groups -OCH3 is 1. The lowest BCUT2D eigenvalue weighted by Gasteiger charge is -2.33. The van der Waals surface area contributed by atoms with Gasteiger partial charge in [-0.25, -0.2) is 14.6 Å². The van der Waals surface area contributed by atoms with Crippen molar-refractivity contribution in [3.05, 3.63) is 23.8 Å². The Morgan fingerprint density at radius 3 is 3.14 bits per heavy atom. The van der Waals surface area contributed by atoms with Crippen molar-refractivity contribution in [2.45, 2.75) is 51.9 Å². The van der Waals surface area contributed by atoms with Crippen molar-refractivity contribution >= 4 is 0 Å². The Morgan fingerprint density at radius 2 is 2.32 bits per heavy atom. The molecule has 0 aliphatic carbocycles. The van der Waals surface area contributed by atoms with Gasteiger partial charge in [0, 0.05) is 13.7 Å². The van der Waals surface area contributed by atoms with Gasteiger partial charge in [0.25, 0.3) is 0 Å². The van der Waals surface area contributed by atoms with Gasteiger partial charge in [-0.3, -0.25) is 10.00 Å². The maximum Gasteiger partial charge on any atom is 0.167 e. The molecular formula is C14H23N7O. The van der Waals surface area contributed by atoms with E-state index in [2.05, 4.69) is 37.1 Å². The average Bonchev–Trinajstić information content (AvgIpc) is 3.17. The summed E-state index contributed by atoms with van der Waals surface area (Å²) in [4.78, 5) is 11.4. The first-order valence-corrected chi connectivity index (χ1v) is 7.82. The fourth-order valence-electron chi connectivity index (χ4n) is 2.99. The zero-order chi connectivity index (χ0) is 15.4. The molecule has 2 aromatic rings. The lowest BCUT2D eigenvalue weighted by Crippen LogP contribution is -2.34. The minimum Gasteiger partial charge on any atom is -0.377 e. The molecule has 0 spiro atoms. The van der Waals surface area contributed by atoms with E-state index in [1.807, 2.05) is 4.68 Å². The van der Waals surface area contributed by atoms with Crippen LogP contribution in [0.25, 0.3) is 0 Å². The van der Waals surface area contributed by atoms with Gasteiger partial charge in [-0.2, -0.15) is 10.2 Å². The third kappa shape index (κ3) is 3.17. The van der Waals surface area contributed by atoms with Crippen molar-refractivity contribution in [2.24, 2.45) is 0 Å². The Kier molecular flexibility index (Phi) is 4.79. The molecule has 1 aliphatic heterocycles. The predicted octanol–water partition coefficient (Wildman–Crippen LogP) is 1.29. The zero-order valence-corrected chi connectivity index (χ0v) is 13.2. The van der Waals surface area contributed by atoms with Crippen LogP contribution >= 0.6 is 0 Å². The number of aromatic amines is 1. The topological polar surface area (TPSA) is 84.8 Å². The summed E-state index contributed by atoms with van der Waals surface area (Å²) in [6.45, 7) is 5.20. The second-order valence-electron chi connectivity index (χ2n) is 5.55. The Labute approximate surface area is 129 Å². The van der Waals surface area contributed by atoms with Gasteiger partial charge in [-0.1, -0.05) is 6.42 Å². The first-order valence-electron chi connectivity index (χ1n) is 7.82. The highest BCUT2D eigenvalue weighted by Gasteiger charge is 2.28. The molecule has 22 heavy (non-hydrogen) atoms. The van der Waals surface area contributed by atoms with E-state index < -0.39 is 0 Å². The molecular weight excluding hydrogens is 282 g/mol. The van der Waals surface area contributed by atoms with Gasteiger partial charge in [-0.05, 0) is 26.3 Å². The molecule has 1 saturated heterocycles. The maximum atomic E-state index is 5.10. The lowest BCUT2D eigenvalue weighted by molar-refractivity contribution is 0.128. The fraction of sp³-hybridized carbons (Fsp3) is 0.714. The molecule has 2 aromatic heterocycles. The van der Waals surface area contributed by atoms with Crippen LogP contribution in [-0.4, -0.2) is 48.5 Å². The van der Waals surface area contributed by atoms with E-state index in [-0.39, 0.29) is 6.04 Å². The standard InChI is InChI=1S/C14H23N7O/c1-3-21-13(15-10-16-21)8-20-7-5-4-6-11(20)14-17-12(9-22-2)18-19-14/h10-11H,3-9H2,1-2H3,(H,17,18,19)/t11-/m0/s1. The van der Waals surface area contributed by atoms with Crippen LogP contribution in [0.2, 0.25) is 0 Å². The van der Waals surface area contributed by atoms with E-state index in [0.29, 0.717) is 6.61 Å². The minimum atomic E-state index is 0.234. The lowest BCUT2D eigenvalue weighted by atomic mass is 10.0. The van der Waals surface area contributed by atoms with Crippen molar-refractivity contribution in [2.75, 3.05) is 13.7 Å². The van der Waals surface area contributed by atoms with Gasteiger partial charge in [0.2, 0.25) is 0 Å². The molecule has 0 unspecified atom stereocenters. The van der Waals surface area contributed by atoms with Crippen LogP contribution in [0.1, 0.15) is 49.7 Å². The number of aryl methyl sites for hydroxylation is 1. The molecule has 0 saturated carbocycles. The SMILES string of the molecule is CCn1ncnc1CN1CCCC[C@H]1c1n[nH]c(COC)n1. The Hall–Kier alpha value is -1.80. The smallest absolute Gasteiger partial charge is 0.167 e. The van der Waals surface area contributed by atoms with Gasteiger partial charge < -0.3 is 4.74 Å². The number of H-pyrrole nitrogens is 1. The van der Waals surface area contributed by atoms with E-state index in [1.165, 1.54) is 12.8 Å². The molecule has 8 nitrogen and oxygen atoms in total. The van der Waals surface area contributed by atoms with Crippen LogP contribution < -0.4 is 0 Å². The molecule has 3 heterocycles. The number of hydrogen-bond donors (Lipinski definition) is 1. The number of nitrogens with one attached hydrogen (secondary N) is 1. The van der Waals surface area contributed by atoms with E-state index >= 15 is 0 Å². The fourth-order valence-corrected chi connectivity index (χ4v) is 2.99. The molecule has 0 aromatic carbocycles. The summed E-state index contributed by atoms with van der Waals surface area (Å²) >= 11 is 0. The van der Waals surface area contributed by atoms with Crippen LogP contribution in [0.15, 0.2) is 6.33 Å². The Bertz CT molecular complexity index is 594. The number of likely N-dealkylation sites (tertiary alicyclic amines) is 1. The summed E-state index contributed by atoms with van der Waals surface area (Å²) in [5.74, 6) is 2.64. The largest absolute Gasteiger partial charge is 0.377 e. The third-order valence-corrected chi connectivity index (χ3v) is 4.08. The Morgan fingerprint density at radius 1 is 1.41 bits per heavy atom. The van der Waals surface area contributed by atoms with Crippen LogP contribution in [0.3, 0.4) is 0 Å². The van der Waals surface area contributed by atoms with Crippen molar-refractivity contribution < 1.29 is 4.74 Å². The minimum absolute atomic E-state index is 0.234. The number of ether oxygens (including phenoxy) is 1. The first-order chi connectivity index (χ1) is 10.8. The monoisotopic (exact) mass is 305 g/mol. The summed E-state index contributed by atoms with van der Waals surface area (Å²) < 4.78 is 7.05. The Balaban J connectivity index is 1.75. The molecule has 8 heteroatoms. The molecule has 1 aliphatic rings. The van der Waals surface area contributed by atoms with E-state index in [4.69, 9.17) is 4.74 Å². The number of rotatable bonds is 6. The summed E-state index contributed by atoms with van der Waals surface area (Å²) in [5.41, 5.74) is 0. The van der Waals surface area contributed by atoms with Crippen molar-refractivity contribution in [1.29, 1.82) is 0 Å². The van der Waals surface area contributed by atoms with E-state index in [9.17, 15) is 0 Å². The molecule has 1 N–H and O–H groups in total. The molecule has 1 fully saturated rings. The van der Waals surface area contributed by atoms with Gasteiger partial charge in [-0.15, -0.1) is 0 Å². The second kappa shape index (κ2) is 6.97. The summed E-state index contributed by atoms with van der Waals surface area (Å²) in [6, 6.07) is 0.234. The highest BCUT2D eigenvalue weighted by Crippen LogP contribution is 2.29.